The fourth-order valence-corrected chi connectivity index (χ4v) is 5.78. The number of halogens is 1. The van der Waals surface area contributed by atoms with Gasteiger partial charge in [-0.05, 0) is 48.1 Å². The van der Waals surface area contributed by atoms with E-state index < -0.39 is 11.9 Å². The molecule has 186 valence electrons. The average molecular weight is 511 g/mol. The number of nitrogens with one attached hydrogen (secondary N) is 1. The Morgan fingerprint density at radius 1 is 1.22 bits per heavy atom. The lowest BCUT2D eigenvalue weighted by atomic mass is 10.1. The molecular weight excluding hydrogens is 487 g/mol. The van der Waals surface area contributed by atoms with Crippen molar-refractivity contribution in [3.05, 3.63) is 54.0 Å². The van der Waals surface area contributed by atoms with Gasteiger partial charge in [0.2, 0.25) is 5.75 Å². The van der Waals surface area contributed by atoms with Gasteiger partial charge in [0.1, 0.15) is 24.7 Å². The van der Waals surface area contributed by atoms with Crippen LogP contribution in [-0.4, -0.2) is 54.2 Å². The highest BCUT2D eigenvalue weighted by Gasteiger charge is 2.54. The van der Waals surface area contributed by atoms with Crippen LogP contribution in [0.1, 0.15) is 16.9 Å². The molecule has 2 fully saturated rings. The van der Waals surface area contributed by atoms with Gasteiger partial charge in [-0.1, -0.05) is 29.5 Å². The normalized spacial score (nSPS) is 21.6. The predicted octanol–water partition coefficient (Wildman–Crippen LogP) is 3.55. The van der Waals surface area contributed by atoms with E-state index in [0.717, 1.165) is 17.8 Å². The van der Waals surface area contributed by atoms with Crippen molar-refractivity contribution in [3.63, 3.8) is 0 Å². The van der Waals surface area contributed by atoms with Gasteiger partial charge in [-0.3, -0.25) is 4.79 Å². The van der Waals surface area contributed by atoms with Crippen molar-refractivity contribution in [1.29, 1.82) is 0 Å². The zero-order chi connectivity index (χ0) is 24.8. The molecule has 6 rings (SSSR count). The molecule has 36 heavy (non-hydrogen) atoms. The molecule has 3 N–H and O–H groups in total. The number of rotatable bonds is 5. The number of hydrogen-bond acceptors (Lipinski definition) is 8. The van der Waals surface area contributed by atoms with Crippen molar-refractivity contribution in [2.75, 3.05) is 32.0 Å². The van der Waals surface area contributed by atoms with E-state index in [0.29, 0.717) is 53.5 Å². The first kappa shape index (κ1) is 22.6. The highest BCUT2D eigenvalue weighted by Crippen LogP contribution is 2.50. The lowest BCUT2D eigenvalue weighted by Crippen LogP contribution is -2.46. The van der Waals surface area contributed by atoms with E-state index in [1.54, 1.807) is 35.2 Å². The number of nitrogens with two attached hydrogens (primary N) is 1. The molecule has 9 nitrogen and oxygen atoms in total. The minimum atomic E-state index is -0.646. The summed E-state index contributed by atoms with van der Waals surface area (Å²) in [4.78, 5) is 32.7. The van der Waals surface area contributed by atoms with Crippen LogP contribution in [0, 0.1) is 17.7 Å². The summed E-state index contributed by atoms with van der Waals surface area (Å²) in [6, 6.07) is 10.9. The molecular formula is C25H23FN4O5S. The second-order valence-electron chi connectivity index (χ2n) is 8.98. The van der Waals surface area contributed by atoms with Crippen LogP contribution in [0.3, 0.4) is 0 Å². The number of benzene rings is 2. The molecule has 2 aromatic carbocycles. The maximum atomic E-state index is 13.8. The van der Waals surface area contributed by atoms with Crippen molar-refractivity contribution < 1.29 is 28.2 Å². The highest BCUT2D eigenvalue weighted by atomic mass is 32.1. The van der Waals surface area contributed by atoms with Crippen LogP contribution in [0.15, 0.2) is 42.5 Å². The van der Waals surface area contributed by atoms with Crippen molar-refractivity contribution in [2.45, 2.75) is 12.5 Å². The van der Waals surface area contributed by atoms with E-state index in [9.17, 15) is 14.0 Å². The smallest absolute Gasteiger partial charge is 0.412 e. The average Bonchev–Trinajstić information content (AvgIpc) is 3.39. The van der Waals surface area contributed by atoms with Gasteiger partial charge in [-0.2, -0.15) is 0 Å². The lowest BCUT2D eigenvalue weighted by Gasteiger charge is -2.27. The van der Waals surface area contributed by atoms with Gasteiger partial charge in [0, 0.05) is 13.1 Å². The number of carbonyl (C=O) groups is 2. The Bertz CT molecular complexity index is 1350. The number of fused-ring (bicyclic) bond motifs is 2. The number of nitrogens with zero attached hydrogens (tertiary/aromatic N) is 2. The Kier molecular flexibility index (Phi) is 5.63. The van der Waals surface area contributed by atoms with E-state index >= 15 is 0 Å². The number of nitrogen functional groups attached to an aromatic ring is 1. The Morgan fingerprint density at radius 2 is 2.06 bits per heavy atom. The Balaban J connectivity index is 1.16. The Morgan fingerprint density at radius 3 is 2.92 bits per heavy atom. The van der Waals surface area contributed by atoms with Gasteiger partial charge in [-0.15, -0.1) is 0 Å². The highest BCUT2D eigenvalue weighted by molar-refractivity contribution is 7.19. The van der Waals surface area contributed by atoms with Crippen LogP contribution < -0.4 is 25.3 Å². The van der Waals surface area contributed by atoms with E-state index in [-0.39, 0.29) is 35.1 Å². The molecule has 0 unspecified atom stereocenters. The molecule has 3 aliphatic rings. The quantitative estimate of drug-likeness (QED) is 0.539. The van der Waals surface area contributed by atoms with E-state index in [1.165, 1.54) is 12.1 Å². The second-order valence-corrected chi connectivity index (χ2v) is 10.0. The zero-order valence-corrected chi connectivity index (χ0v) is 19.9. The number of aromatic nitrogens is 1. The molecule has 1 saturated carbocycles. The number of ether oxygens (including phenoxy) is 3. The first-order valence-electron chi connectivity index (χ1n) is 11.7. The largest absolute Gasteiger partial charge is 0.486 e. The summed E-state index contributed by atoms with van der Waals surface area (Å²) in [6.07, 6.45) is 0.353. The second kappa shape index (κ2) is 8.98. The number of carbonyl (C=O) groups excluding carboxylic acids is 2. The molecule has 3 aromatic rings. The zero-order valence-electron chi connectivity index (χ0n) is 19.1. The molecule has 0 spiro atoms. The predicted molar refractivity (Wildman–Crippen MR) is 130 cm³/mol. The third-order valence-electron chi connectivity index (χ3n) is 6.69. The van der Waals surface area contributed by atoms with Gasteiger partial charge in [0.25, 0.3) is 5.91 Å². The number of amides is 2. The number of piperidine rings is 1. The molecule has 0 bridgehead atoms. The van der Waals surface area contributed by atoms with E-state index in [4.69, 9.17) is 19.9 Å². The van der Waals surface area contributed by atoms with Crippen LogP contribution in [0.4, 0.5) is 14.3 Å². The van der Waals surface area contributed by atoms with E-state index in [2.05, 4.69) is 10.3 Å². The SMILES string of the molecule is Nc1nc(C(=O)N2C[C@@H]3C[C@@H]3[C@H]2CNC(=O)Oc2cccc3c2OCCO3)c(-c2cccc(F)c2)s1. The number of thiazole rings is 1. The third-order valence-corrected chi connectivity index (χ3v) is 7.62. The molecule has 2 aliphatic heterocycles. The molecule has 11 heteroatoms. The summed E-state index contributed by atoms with van der Waals surface area (Å²) in [5, 5.41) is 3.02. The van der Waals surface area contributed by atoms with Gasteiger partial charge < -0.3 is 30.2 Å². The van der Waals surface area contributed by atoms with Gasteiger partial charge in [0.15, 0.2) is 16.6 Å². The lowest BCUT2D eigenvalue weighted by molar-refractivity contribution is 0.0700. The Labute approximate surface area is 210 Å². The summed E-state index contributed by atoms with van der Waals surface area (Å²) in [7, 11) is 0. The van der Waals surface area contributed by atoms with Crippen LogP contribution in [0.5, 0.6) is 17.2 Å². The van der Waals surface area contributed by atoms with Crippen LogP contribution in [-0.2, 0) is 0 Å². The topological polar surface area (TPSA) is 116 Å². The number of hydrogen-bond donors (Lipinski definition) is 2. The number of anilines is 1. The molecule has 1 saturated heterocycles. The minimum absolute atomic E-state index is 0.199. The van der Waals surface area contributed by atoms with Gasteiger partial charge in [0.05, 0.1) is 10.9 Å². The Hall–Kier alpha value is -3.86. The third kappa shape index (κ3) is 4.19. The summed E-state index contributed by atoms with van der Waals surface area (Å²) in [5.41, 5.74) is 6.68. The maximum absolute atomic E-state index is 13.8. The fraction of sp³-hybridized carbons (Fsp3) is 0.320. The molecule has 1 aliphatic carbocycles. The molecule has 1 aromatic heterocycles. The number of para-hydroxylation sites is 1. The molecule has 0 radical (unpaired) electrons. The van der Waals surface area contributed by atoms with Crippen molar-refractivity contribution >= 4 is 28.5 Å². The standard InChI is InChI=1S/C25H23FN4O5S/c26-15-4-1-3-13(9-15)22-20(29-24(27)36-22)23(31)30-12-14-10-16(14)17(30)11-28-25(32)35-19-6-2-5-18-21(19)34-8-7-33-18/h1-6,9,14,16-17H,7-8,10-12H2,(H2,27,29)(H,28,32)/t14-,16-,17+/m0/s1. The van der Waals surface area contributed by atoms with Gasteiger partial charge >= 0.3 is 6.09 Å². The molecule has 2 amide bonds. The van der Waals surface area contributed by atoms with Crippen molar-refractivity contribution in [3.8, 4) is 27.7 Å². The van der Waals surface area contributed by atoms with Gasteiger partial charge in [-0.25, -0.2) is 14.2 Å². The minimum Gasteiger partial charge on any atom is -0.486 e. The summed E-state index contributed by atoms with van der Waals surface area (Å²) in [5.74, 6) is 1.18. The first-order chi connectivity index (χ1) is 17.5. The van der Waals surface area contributed by atoms with Crippen LogP contribution in [0.25, 0.3) is 10.4 Å². The molecule has 3 heterocycles. The number of likely N-dealkylation sites (tertiary alicyclic amines) is 1. The fourth-order valence-electron chi connectivity index (χ4n) is 4.96. The summed E-state index contributed by atoms with van der Waals surface area (Å²) < 4.78 is 30.4. The van der Waals surface area contributed by atoms with Crippen LogP contribution >= 0.6 is 11.3 Å². The first-order valence-corrected chi connectivity index (χ1v) is 12.5. The monoisotopic (exact) mass is 510 g/mol. The van der Waals surface area contributed by atoms with Crippen LogP contribution in [0.2, 0.25) is 0 Å². The molecule has 3 atom stereocenters. The van der Waals surface area contributed by atoms with Crippen molar-refractivity contribution in [1.82, 2.24) is 15.2 Å². The summed E-state index contributed by atoms with van der Waals surface area (Å²) >= 11 is 1.15. The summed E-state index contributed by atoms with van der Waals surface area (Å²) in [6.45, 7) is 1.60. The van der Waals surface area contributed by atoms with Crippen molar-refractivity contribution in [2.24, 2.45) is 11.8 Å². The van der Waals surface area contributed by atoms with E-state index in [1.807, 2.05) is 0 Å². The maximum Gasteiger partial charge on any atom is 0.412 e.